The van der Waals surface area contributed by atoms with E-state index in [0.29, 0.717) is 5.16 Å². The zero-order valence-corrected chi connectivity index (χ0v) is 11.1. The van der Waals surface area contributed by atoms with Gasteiger partial charge in [0.25, 0.3) is 0 Å². The Morgan fingerprint density at radius 3 is 2.39 bits per heavy atom. The van der Waals surface area contributed by atoms with Gasteiger partial charge in [0.15, 0.2) is 5.16 Å². The SMILES string of the molecule is CC(Sc1nc(O)cc(O)n1)c1ccccn1.Cl. The van der Waals surface area contributed by atoms with E-state index >= 15 is 0 Å². The molecule has 1 unspecified atom stereocenters. The summed E-state index contributed by atoms with van der Waals surface area (Å²) in [6.45, 7) is 1.96. The molecule has 2 rings (SSSR count). The van der Waals surface area contributed by atoms with Crippen LogP contribution >= 0.6 is 24.2 Å². The van der Waals surface area contributed by atoms with Crippen molar-refractivity contribution < 1.29 is 10.2 Å². The molecule has 0 spiro atoms. The van der Waals surface area contributed by atoms with Crippen molar-refractivity contribution in [2.75, 3.05) is 0 Å². The van der Waals surface area contributed by atoms with E-state index < -0.39 is 0 Å². The van der Waals surface area contributed by atoms with Crippen LogP contribution in [0.2, 0.25) is 0 Å². The Kier molecular flexibility index (Phi) is 5.18. The van der Waals surface area contributed by atoms with Crippen molar-refractivity contribution in [1.82, 2.24) is 15.0 Å². The van der Waals surface area contributed by atoms with Crippen LogP contribution in [0.4, 0.5) is 0 Å². The summed E-state index contributed by atoms with van der Waals surface area (Å²) in [6.07, 6.45) is 1.72. The summed E-state index contributed by atoms with van der Waals surface area (Å²) in [5.74, 6) is -0.485. The van der Waals surface area contributed by atoms with E-state index in [9.17, 15) is 10.2 Å². The van der Waals surface area contributed by atoms with Gasteiger partial charge in [0.1, 0.15) is 0 Å². The van der Waals surface area contributed by atoms with Gasteiger partial charge < -0.3 is 10.2 Å². The molecule has 2 heterocycles. The van der Waals surface area contributed by atoms with Gasteiger partial charge >= 0.3 is 0 Å². The van der Waals surface area contributed by atoms with E-state index in [1.165, 1.54) is 11.8 Å². The molecule has 0 bridgehead atoms. The number of hydrogen-bond acceptors (Lipinski definition) is 6. The fourth-order valence-electron chi connectivity index (χ4n) is 1.29. The highest BCUT2D eigenvalue weighted by atomic mass is 35.5. The summed E-state index contributed by atoms with van der Waals surface area (Å²) in [5, 5.41) is 18.8. The van der Waals surface area contributed by atoms with Crippen molar-refractivity contribution in [3.05, 3.63) is 36.2 Å². The maximum Gasteiger partial charge on any atom is 0.218 e. The topological polar surface area (TPSA) is 79.1 Å². The number of aromatic hydroxyl groups is 2. The van der Waals surface area contributed by atoms with Gasteiger partial charge in [-0.25, -0.2) is 0 Å². The number of thioether (sulfide) groups is 1. The number of nitrogens with zero attached hydrogens (tertiary/aromatic N) is 3. The fourth-order valence-corrected chi connectivity index (χ4v) is 2.16. The molecule has 2 aromatic rings. The average Bonchev–Trinajstić information content (AvgIpc) is 2.28. The molecule has 96 valence electrons. The summed E-state index contributed by atoms with van der Waals surface area (Å²) in [6, 6.07) is 6.74. The van der Waals surface area contributed by atoms with E-state index in [4.69, 9.17) is 0 Å². The minimum Gasteiger partial charge on any atom is -0.493 e. The lowest BCUT2D eigenvalue weighted by Crippen LogP contribution is -1.94. The standard InChI is InChI=1S/C11H11N3O2S.ClH/c1-7(8-4-2-3-5-12-8)17-11-13-9(15)6-10(16)14-11;/h2-7H,1H3,(H2,13,14,15,16);1H. The van der Waals surface area contributed by atoms with E-state index in [2.05, 4.69) is 15.0 Å². The highest BCUT2D eigenvalue weighted by Crippen LogP contribution is 2.32. The van der Waals surface area contributed by atoms with E-state index in [1.807, 2.05) is 25.1 Å². The van der Waals surface area contributed by atoms with E-state index in [0.717, 1.165) is 11.8 Å². The van der Waals surface area contributed by atoms with Crippen LogP contribution in [0, 0.1) is 0 Å². The third kappa shape index (κ3) is 3.75. The van der Waals surface area contributed by atoms with Gasteiger partial charge in [-0.15, -0.1) is 12.4 Å². The predicted molar refractivity (Wildman–Crippen MR) is 71.1 cm³/mol. The zero-order chi connectivity index (χ0) is 12.3. The molecule has 0 fully saturated rings. The molecule has 0 radical (unpaired) electrons. The summed E-state index contributed by atoms with van der Waals surface area (Å²) in [7, 11) is 0. The highest BCUT2D eigenvalue weighted by molar-refractivity contribution is 7.99. The van der Waals surface area contributed by atoms with Gasteiger partial charge in [-0.1, -0.05) is 17.8 Å². The van der Waals surface area contributed by atoms with Crippen LogP contribution in [-0.2, 0) is 0 Å². The Morgan fingerprint density at radius 2 is 1.83 bits per heavy atom. The molecule has 0 aliphatic rings. The predicted octanol–water partition coefficient (Wildman–Crippen LogP) is 2.56. The van der Waals surface area contributed by atoms with Crippen molar-refractivity contribution in [2.24, 2.45) is 0 Å². The smallest absolute Gasteiger partial charge is 0.218 e. The first-order valence-corrected chi connectivity index (χ1v) is 5.87. The molecule has 0 saturated carbocycles. The maximum atomic E-state index is 9.24. The number of hydrogen-bond donors (Lipinski definition) is 2. The molecule has 2 aromatic heterocycles. The van der Waals surface area contributed by atoms with E-state index in [-0.39, 0.29) is 29.4 Å². The molecule has 0 aromatic carbocycles. The van der Waals surface area contributed by atoms with Gasteiger partial charge in [0.05, 0.1) is 17.0 Å². The lowest BCUT2D eigenvalue weighted by atomic mass is 10.3. The summed E-state index contributed by atoms with van der Waals surface area (Å²) in [5.41, 5.74) is 0.893. The first kappa shape index (κ1) is 14.5. The largest absolute Gasteiger partial charge is 0.493 e. The number of aromatic nitrogens is 3. The Labute approximate surface area is 115 Å². The Bertz CT molecular complexity index is 493. The third-order valence-corrected chi connectivity index (χ3v) is 3.05. The van der Waals surface area contributed by atoms with Crippen LogP contribution in [0.1, 0.15) is 17.9 Å². The van der Waals surface area contributed by atoms with Crippen molar-refractivity contribution >= 4 is 24.2 Å². The molecule has 1 atom stereocenters. The van der Waals surface area contributed by atoms with Crippen molar-refractivity contribution in [3.8, 4) is 11.8 Å². The molecule has 5 nitrogen and oxygen atoms in total. The number of rotatable bonds is 3. The average molecular weight is 286 g/mol. The molecular weight excluding hydrogens is 274 g/mol. The van der Waals surface area contributed by atoms with Crippen molar-refractivity contribution in [2.45, 2.75) is 17.3 Å². The first-order chi connectivity index (χ1) is 8.15. The Hall–Kier alpha value is -1.53. The molecule has 0 aliphatic carbocycles. The van der Waals surface area contributed by atoms with Gasteiger partial charge in [0.2, 0.25) is 11.8 Å². The second-order valence-corrected chi connectivity index (χ2v) is 4.69. The van der Waals surface area contributed by atoms with Gasteiger partial charge in [-0.3, -0.25) is 4.98 Å². The van der Waals surface area contributed by atoms with Crippen LogP contribution in [0.5, 0.6) is 11.8 Å². The quantitative estimate of drug-likeness (QED) is 0.666. The second kappa shape index (κ2) is 6.42. The minimum absolute atomic E-state index is 0. The normalized spacial score (nSPS) is 11.6. The van der Waals surface area contributed by atoms with Crippen LogP contribution in [0.3, 0.4) is 0 Å². The third-order valence-electron chi connectivity index (χ3n) is 2.07. The second-order valence-electron chi connectivity index (χ2n) is 3.38. The summed E-state index contributed by atoms with van der Waals surface area (Å²) >= 11 is 1.32. The zero-order valence-electron chi connectivity index (χ0n) is 9.52. The molecular formula is C11H12ClN3O2S. The molecule has 0 amide bonds. The minimum atomic E-state index is -0.242. The van der Waals surface area contributed by atoms with E-state index in [1.54, 1.807) is 6.20 Å². The van der Waals surface area contributed by atoms with Gasteiger partial charge in [-0.05, 0) is 19.1 Å². The Morgan fingerprint density at radius 1 is 1.17 bits per heavy atom. The van der Waals surface area contributed by atoms with Crippen molar-refractivity contribution in [3.63, 3.8) is 0 Å². The van der Waals surface area contributed by atoms with Gasteiger partial charge in [0, 0.05) is 6.20 Å². The number of pyridine rings is 1. The molecule has 18 heavy (non-hydrogen) atoms. The van der Waals surface area contributed by atoms with Crippen LogP contribution in [0.15, 0.2) is 35.6 Å². The summed E-state index contributed by atoms with van der Waals surface area (Å²) < 4.78 is 0. The highest BCUT2D eigenvalue weighted by Gasteiger charge is 2.12. The van der Waals surface area contributed by atoms with Crippen molar-refractivity contribution in [1.29, 1.82) is 0 Å². The maximum absolute atomic E-state index is 9.24. The monoisotopic (exact) mass is 285 g/mol. The van der Waals surface area contributed by atoms with Crippen LogP contribution in [0.25, 0.3) is 0 Å². The molecule has 0 saturated heterocycles. The Balaban J connectivity index is 0.00000162. The molecule has 2 N–H and O–H groups in total. The lowest BCUT2D eigenvalue weighted by molar-refractivity contribution is 0.411. The number of halogens is 1. The molecule has 7 heteroatoms. The fraction of sp³-hybridized carbons (Fsp3) is 0.182. The first-order valence-electron chi connectivity index (χ1n) is 5.00. The lowest BCUT2D eigenvalue weighted by Gasteiger charge is -2.09. The van der Waals surface area contributed by atoms with Gasteiger partial charge in [-0.2, -0.15) is 9.97 Å². The summed E-state index contributed by atoms with van der Waals surface area (Å²) in [4.78, 5) is 11.9. The molecule has 0 aliphatic heterocycles. The van der Waals surface area contributed by atoms with Crippen LogP contribution in [-0.4, -0.2) is 25.2 Å². The van der Waals surface area contributed by atoms with Crippen LogP contribution < -0.4 is 0 Å².